The molecule has 1 aromatic rings. The van der Waals surface area contributed by atoms with Crippen LogP contribution in [0.15, 0.2) is 36.9 Å². The Morgan fingerprint density at radius 1 is 1.35 bits per heavy atom. The molecule has 2 N–H and O–H groups in total. The molecule has 0 saturated carbocycles. The van der Waals surface area contributed by atoms with Crippen molar-refractivity contribution in [3.05, 3.63) is 42.5 Å². The second-order valence-electron chi connectivity index (χ2n) is 3.80. The number of carboxylic acids is 1. The van der Waals surface area contributed by atoms with Crippen LogP contribution in [-0.2, 0) is 9.53 Å². The summed E-state index contributed by atoms with van der Waals surface area (Å²) < 4.78 is 10.2. The van der Waals surface area contributed by atoms with E-state index >= 15 is 0 Å². The summed E-state index contributed by atoms with van der Waals surface area (Å²) in [6.45, 7) is 3.83. The third kappa shape index (κ3) is 5.53. The fourth-order valence-corrected chi connectivity index (χ4v) is 1.42. The van der Waals surface area contributed by atoms with Crippen LogP contribution < -0.4 is 10.1 Å². The summed E-state index contributed by atoms with van der Waals surface area (Å²) in [6.07, 6.45) is 1.59. The Balaban J connectivity index is 2.46. The van der Waals surface area contributed by atoms with Crippen molar-refractivity contribution in [2.75, 3.05) is 26.4 Å². The summed E-state index contributed by atoms with van der Waals surface area (Å²) in [6, 6.07) is 6.84. The summed E-state index contributed by atoms with van der Waals surface area (Å²) in [7, 11) is 0. The third-order valence-electron chi connectivity index (χ3n) is 2.25. The largest absolute Gasteiger partial charge is 0.489 e. The van der Waals surface area contributed by atoms with Gasteiger partial charge in [0.2, 0.25) is 0 Å². The van der Waals surface area contributed by atoms with Crippen LogP contribution in [0.3, 0.4) is 0 Å². The van der Waals surface area contributed by atoms with Crippen LogP contribution in [-0.4, -0.2) is 43.3 Å². The van der Waals surface area contributed by atoms with Crippen LogP contribution in [0.4, 0.5) is 0 Å². The molecule has 0 atom stereocenters. The minimum atomic E-state index is -1.04. The number of nitrogens with one attached hydrogen (secondary N) is 1. The van der Waals surface area contributed by atoms with Gasteiger partial charge in [-0.1, -0.05) is 24.8 Å². The smallest absolute Gasteiger partial charge is 0.329 e. The molecule has 0 bridgehead atoms. The number of carbonyl (C=O) groups is 2. The van der Waals surface area contributed by atoms with Gasteiger partial charge in [0.1, 0.15) is 19.0 Å². The number of carboxylic acid groups (broad SMARTS) is 1. The third-order valence-corrected chi connectivity index (χ3v) is 2.25. The number of rotatable bonds is 9. The van der Waals surface area contributed by atoms with Crippen LogP contribution in [0.5, 0.6) is 5.75 Å². The van der Waals surface area contributed by atoms with Crippen molar-refractivity contribution in [3.8, 4) is 5.75 Å². The van der Waals surface area contributed by atoms with Gasteiger partial charge in [0.15, 0.2) is 0 Å². The fourth-order valence-electron chi connectivity index (χ4n) is 1.42. The van der Waals surface area contributed by atoms with Crippen LogP contribution in [0.25, 0.3) is 0 Å². The normalized spacial score (nSPS) is 9.80. The molecule has 0 saturated heterocycles. The van der Waals surface area contributed by atoms with E-state index in [-0.39, 0.29) is 25.7 Å². The van der Waals surface area contributed by atoms with E-state index < -0.39 is 5.97 Å². The number of hydrogen-bond donors (Lipinski definition) is 2. The predicted octanol–water partition coefficient (Wildman–Crippen LogP) is 1.08. The Bertz CT molecular complexity index is 472. The van der Waals surface area contributed by atoms with Crippen LogP contribution in [0, 0.1) is 0 Å². The summed E-state index contributed by atoms with van der Waals surface area (Å²) in [4.78, 5) is 22.2. The SMILES string of the molecule is C=CCOc1ccccc1C(=O)NCCOCC(=O)O. The van der Waals surface area contributed by atoms with Gasteiger partial charge in [0, 0.05) is 6.54 Å². The lowest BCUT2D eigenvalue weighted by Crippen LogP contribution is -2.28. The molecule has 0 aromatic heterocycles. The lowest BCUT2D eigenvalue weighted by Gasteiger charge is -2.10. The standard InChI is InChI=1S/C14H17NO5/c1-2-8-20-12-6-4-3-5-11(12)14(18)15-7-9-19-10-13(16)17/h2-6H,1,7-10H2,(H,15,18)(H,16,17). The van der Waals surface area contributed by atoms with Crippen molar-refractivity contribution in [1.82, 2.24) is 5.32 Å². The van der Waals surface area contributed by atoms with Gasteiger partial charge in [-0.3, -0.25) is 4.79 Å². The van der Waals surface area contributed by atoms with Gasteiger partial charge in [-0.15, -0.1) is 0 Å². The molecule has 108 valence electrons. The fraction of sp³-hybridized carbons (Fsp3) is 0.286. The summed E-state index contributed by atoms with van der Waals surface area (Å²) in [5.41, 5.74) is 0.410. The minimum Gasteiger partial charge on any atom is -0.489 e. The van der Waals surface area contributed by atoms with Crippen molar-refractivity contribution in [1.29, 1.82) is 0 Å². The first-order valence-corrected chi connectivity index (χ1v) is 6.05. The monoisotopic (exact) mass is 279 g/mol. The Hall–Kier alpha value is -2.34. The summed E-state index contributed by atoms with van der Waals surface area (Å²) in [5, 5.41) is 11.0. The molecular weight excluding hydrogens is 262 g/mol. The molecule has 6 nitrogen and oxygen atoms in total. The lowest BCUT2D eigenvalue weighted by molar-refractivity contribution is -0.142. The molecule has 20 heavy (non-hydrogen) atoms. The van der Waals surface area contributed by atoms with Gasteiger partial charge < -0.3 is 19.9 Å². The van der Waals surface area contributed by atoms with Gasteiger partial charge in [0.05, 0.1) is 12.2 Å². The number of amides is 1. The Kier molecular flexibility index (Phi) is 6.84. The second kappa shape index (κ2) is 8.71. The zero-order chi connectivity index (χ0) is 14.8. The van der Waals surface area contributed by atoms with Crippen molar-refractivity contribution in [2.24, 2.45) is 0 Å². The highest BCUT2D eigenvalue weighted by molar-refractivity contribution is 5.96. The van der Waals surface area contributed by atoms with Crippen LogP contribution in [0.1, 0.15) is 10.4 Å². The Labute approximate surface area is 117 Å². The van der Waals surface area contributed by atoms with Crippen LogP contribution >= 0.6 is 0 Å². The molecule has 1 aromatic carbocycles. The molecule has 0 aliphatic rings. The molecule has 0 unspecified atom stereocenters. The number of hydrogen-bond acceptors (Lipinski definition) is 4. The number of benzene rings is 1. The van der Waals surface area contributed by atoms with Gasteiger partial charge in [0.25, 0.3) is 5.91 Å². The minimum absolute atomic E-state index is 0.133. The van der Waals surface area contributed by atoms with E-state index in [1.165, 1.54) is 0 Å². The summed E-state index contributed by atoms with van der Waals surface area (Å²) >= 11 is 0. The number of ether oxygens (including phenoxy) is 2. The number of aliphatic carboxylic acids is 1. The van der Waals surface area contributed by atoms with Crippen molar-refractivity contribution < 1.29 is 24.2 Å². The van der Waals surface area contributed by atoms with Gasteiger partial charge in [-0.25, -0.2) is 4.79 Å². The van der Waals surface area contributed by atoms with E-state index in [1.807, 2.05) is 0 Å². The lowest BCUT2D eigenvalue weighted by atomic mass is 10.2. The van der Waals surface area contributed by atoms with E-state index in [0.717, 1.165) is 0 Å². The molecule has 0 heterocycles. The summed E-state index contributed by atoms with van der Waals surface area (Å²) in [5.74, 6) is -0.876. The molecule has 6 heteroatoms. The highest BCUT2D eigenvalue weighted by Crippen LogP contribution is 2.17. The number of para-hydroxylation sites is 1. The Morgan fingerprint density at radius 2 is 2.10 bits per heavy atom. The van der Waals surface area contributed by atoms with E-state index in [0.29, 0.717) is 17.9 Å². The zero-order valence-corrected chi connectivity index (χ0v) is 11.0. The molecule has 0 aliphatic carbocycles. The molecule has 0 radical (unpaired) electrons. The molecular formula is C14H17NO5. The van der Waals surface area contributed by atoms with Crippen molar-refractivity contribution in [2.45, 2.75) is 0 Å². The van der Waals surface area contributed by atoms with Crippen molar-refractivity contribution >= 4 is 11.9 Å². The highest BCUT2D eigenvalue weighted by Gasteiger charge is 2.11. The van der Waals surface area contributed by atoms with E-state index in [2.05, 4.69) is 11.9 Å². The average molecular weight is 279 g/mol. The topological polar surface area (TPSA) is 84.9 Å². The van der Waals surface area contributed by atoms with Crippen molar-refractivity contribution in [3.63, 3.8) is 0 Å². The van der Waals surface area contributed by atoms with E-state index in [1.54, 1.807) is 30.3 Å². The maximum Gasteiger partial charge on any atom is 0.329 e. The quantitative estimate of drug-likeness (QED) is 0.522. The molecule has 0 fully saturated rings. The maximum absolute atomic E-state index is 11.9. The molecule has 0 spiro atoms. The Morgan fingerprint density at radius 3 is 2.80 bits per heavy atom. The first-order valence-electron chi connectivity index (χ1n) is 6.05. The molecule has 1 amide bonds. The predicted molar refractivity (Wildman–Crippen MR) is 72.9 cm³/mol. The van der Waals surface area contributed by atoms with Gasteiger partial charge in [-0.05, 0) is 12.1 Å². The van der Waals surface area contributed by atoms with Gasteiger partial charge in [-0.2, -0.15) is 0 Å². The second-order valence-corrected chi connectivity index (χ2v) is 3.80. The highest BCUT2D eigenvalue weighted by atomic mass is 16.5. The average Bonchev–Trinajstić information content (AvgIpc) is 2.44. The molecule has 1 rings (SSSR count). The van der Waals surface area contributed by atoms with E-state index in [4.69, 9.17) is 14.6 Å². The van der Waals surface area contributed by atoms with Crippen LogP contribution in [0.2, 0.25) is 0 Å². The van der Waals surface area contributed by atoms with Gasteiger partial charge >= 0.3 is 5.97 Å². The molecule has 0 aliphatic heterocycles. The maximum atomic E-state index is 11.9. The first kappa shape index (κ1) is 15.7. The van der Waals surface area contributed by atoms with E-state index in [9.17, 15) is 9.59 Å². The zero-order valence-electron chi connectivity index (χ0n) is 11.0. The number of carbonyl (C=O) groups excluding carboxylic acids is 1. The first-order chi connectivity index (χ1) is 9.65.